The van der Waals surface area contributed by atoms with E-state index >= 15 is 0 Å². The number of ether oxygens (including phenoxy) is 1. The number of para-hydroxylation sites is 1. The number of aryl methyl sites for hydroxylation is 1. The monoisotopic (exact) mass is 412 g/mol. The van der Waals surface area contributed by atoms with Crippen LogP contribution in [0.2, 0.25) is 0 Å². The Kier molecular flexibility index (Phi) is 7.15. The van der Waals surface area contributed by atoms with Gasteiger partial charge >= 0.3 is 7.12 Å². The van der Waals surface area contributed by atoms with Crippen LogP contribution in [0.5, 0.6) is 5.75 Å². The van der Waals surface area contributed by atoms with Crippen molar-refractivity contribution in [3.05, 3.63) is 71.8 Å². The van der Waals surface area contributed by atoms with Crippen molar-refractivity contribution in [1.82, 2.24) is 20.3 Å². The Hall–Kier alpha value is -3.24. The van der Waals surface area contributed by atoms with Crippen LogP contribution in [0, 0.1) is 5.82 Å². The number of benzene rings is 2. The molecule has 0 fully saturated rings. The third-order valence-electron chi connectivity index (χ3n) is 4.50. The van der Waals surface area contributed by atoms with E-state index in [0.717, 1.165) is 5.69 Å². The number of carbonyl (C=O) groups is 1. The third kappa shape index (κ3) is 5.88. The molecule has 0 aliphatic heterocycles. The Morgan fingerprint density at radius 1 is 1.27 bits per heavy atom. The van der Waals surface area contributed by atoms with Crippen LogP contribution in [0.1, 0.15) is 17.7 Å². The zero-order valence-electron chi connectivity index (χ0n) is 16.4. The Morgan fingerprint density at radius 3 is 2.73 bits per heavy atom. The topological polar surface area (TPSA) is 110 Å². The number of carbonyl (C=O) groups excluding carboxylic acids is 1. The van der Waals surface area contributed by atoms with Crippen LogP contribution in [0.25, 0.3) is 5.69 Å². The van der Waals surface area contributed by atoms with Crippen molar-refractivity contribution >= 4 is 13.0 Å². The number of nitrogens with one attached hydrogen (secondary N) is 1. The van der Waals surface area contributed by atoms with Crippen LogP contribution in [0.4, 0.5) is 4.39 Å². The zero-order chi connectivity index (χ0) is 21.5. The number of rotatable bonds is 9. The first kappa shape index (κ1) is 21.5. The molecule has 0 bridgehead atoms. The minimum atomic E-state index is -1.80. The molecule has 30 heavy (non-hydrogen) atoms. The maximum atomic E-state index is 13.7. The molecule has 0 aliphatic carbocycles. The molecule has 1 heterocycles. The second-order valence-electron chi connectivity index (χ2n) is 6.78. The minimum Gasteiger partial charge on any atom is -0.497 e. The number of nitrogens with zero attached hydrogens (tertiary/aromatic N) is 3. The number of halogens is 1. The molecular weight excluding hydrogens is 390 g/mol. The molecular formula is C20H22BFN4O4. The van der Waals surface area contributed by atoms with E-state index in [1.54, 1.807) is 16.9 Å². The zero-order valence-corrected chi connectivity index (χ0v) is 16.4. The lowest BCUT2D eigenvalue weighted by molar-refractivity contribution is -0.121. The summed E-state index contributed by atoms with van der Waals surface area (Å²) < 4.78 is 20.3. The molecule has 3 N–H and O–H groups in total. The van der Waals surface area contributed by atoms with E-state index in [0.29, 0.717) is 23.4 Å². The first-order valence-electron chi connectivity index (χ1n) is 9.40. The van der Waals surface area contributed by atoms with Gasteiger partial charge in [0.2, 0.25) is 5.91 Å². The molecule has 1 amide bonds. The molecule has 0 radical (unpaired) electrons. The van der Waals surface area contributed by atoms with E-state index in [9.17, 15) is 19.2 Å². The minimum absolute atomic E-state index is 0.0295. The molecule has 1 aromatic heterocycles. The van der Waals surface area contributed by atoms with Gasteiger partial charge in [-0.1, -0.05) is 23.4 Å². The summed E-state index contributed by atoms with van der Waals surface area (Å²) >= 11 is 0. The molecule has 0 unspecified atom stereocenters. The van der Waals surface area contributed by atoms with Gasteiger partial charge in [-0.15, -0.1) is 5.10 Å². The first-order valence-corrected chi connectivity index (χ1v) is 9.40. The van der Waals surface area contributed by atoms with Gasteiger partial charge in [0.1, 0.15) is 11.6 Å². The SMILES string of the molecule is COc1cc(F)cc(C[C@H](NC(=O)CCc2cn(-c3ccccc3)nn2)B(O)O)c1. The van der Waals surface area contributed by atoms with Crippen LogP contribution in [0.3, 0.4) is 0 Å². The van der Waals surface area contributed by atoms with E-state index in [2.05, 4.69) is 15.6 Å². The summed E-state index contributed by atoms with van der Waals surface area (Å²) in [6.45, 7) is 0. The number of aromatic nitrogens is 3. The fourth-order valence-electron chi connectivity index (χ4n) is 2.98. The molecule has 3 aromatic rings. The Bertz CT molecular complexity index is 984. The Labute approximate surface area is 173 Å². The van der Waals surface area contributed by atoms with Crippen LogP contribution >= 0.6 is 0 Å². The fraction of sp³-hybridized carbons (Fsp3) is 0.250. The predicted octanol–water partition coefficient (Wildman–Crippen LogP) is 1.09. The summed E-state index contributed by atoms with van der Waals surface area (Å²) in [6.07, 6.45) is 2.19. The van der Waals surface area contributed by atoms with Crippen LogP contribution in [-0.2, 0) is 17.6 Å². The molecule has 0 saturated carbocycles. The van der Waals surface area contributed by atoms with E-state index in [1.165, 1.54) is 19.2 Å². The molecule has 156 valence electrons. The van der Waals surface area contributed by atoms with Gasteiger partial charge in [0.25, 0.3) is 0 Å². The van der Waals surface area contributed by atoms with Crippen LogP contribution < -0.4 is 10.1 Å². The molecule has 1 atom stereocenters. The molecule has 10 heteroatoms. The van der Waals surface area contributed by atoms with Gasteiger partial charge in [0.05, 0.1) is 30.6 Å². The standard InChI is InChI=1S/C20H22BFN4O4/c1-30-18-10-14(9-15(22)12-18)11-19(21(28)29)23-20(27)8-7-16-13-26(25-24-16)17-5-3-2-4-6-17/h2-6,9-10,12-13,19,28-29H,7-8,11H2,1H3,(H,23,27)/t19-/m0/s1. The molecule has 8 nitrogen and oxygen atoms in total. The molecule has 0 spiro atoms. The smallest absolute Gasteiger partial charge is 0.475 e. The normalized spacial score (nSPS) is 11.7. The van der Waals surface area contributed by atoms with Gasteiger partial charge in [0, 0.05) is 18.9 Å². The summed E-state index contributed by atoms with van der Waals surface area (Å²) in [5.74, 6) is -1.58. The third-order valence-corrected chi connectivity index (χ3v) is 4.50. The lowest BCUT2D eigenvalue weighted by Gasteiger charge is -2.18. The average molecular weight is 412 g/mol. The van der Waals surface area contributed by atoms with Gasteiger partial charge in [-0.25, -0.2) is 9.07 Å². The van der Waals surface area contributed by atoms with Gasteiger partial charge in [0.15, 0.2) is 0 Å². The summed E-state index contributed by atoms with van der Waals surface area (Å²) in [4.78, 5) is 12.3. The summed E-state index contributed by atoms with van der Waals surface area (Å²) in [5, 5.41) is 29.9. The highest BCUT2D eigenvalue weighted by molar-refractivity contribution is 6.43. The Morgan fingerprint density at radius 2 is 2.03 bits per heavy atom. The van der Waals surface area contributed by atoms with Gasteiger partial charge in [-0.05, 0) is 36.2 Å². The average Bonchev–Trinajstić information content (AvgIpc) is 3.21. The lowest BCUT2D eigenvalue weighted by atomic mass is 9.76. The lowest BCUT2D eigenvalue weighted by Crippen LogP contribution is -2.48. The fourth-order valence-corrected chi connectivity index (χ4v) is 2.98. The van der Waals surface area contributed by atoms with E-state index < -0.39 is 18.9 Å². The maximum Gasteiger partial charge on any atom is 0.475 e. The number of amides is 1. The van der Waals surface area contributed by atoms with Gasteiger partial charge in [-0.2, -0.15) is 0 Å². The molecule has 3 rings (SSSR count). The maximum absolute atomic E-state index is 13.7. The number of hydrogen-bond acceptors (Lipinski definition) is 6. The Balaban J connectivity index is 1.57. The second-order valence-corrected chi connectivity index (χ2v) is 6.78. The summed E-state index contributed by atoms with van der Waals surface area (Å²) in [5.41, 5.74) is 1.95. The highest BCUT2D eigenvalue weighted by atomic mass is 19.1. The number of hydrogen-bond donors (Lipinski definition) is 3. The molecule has 0 aliphatic rings. The van der Waals surface area contributed by atoms with Crippen molar-refractivity contribution in [2.45, 2.75) is 25.2 Å². The summed E-state index contributed by atoms with van der Waals surface area (Å²) in [7, 11) is -0.394. The van der Waals surface area contributed by atoms with E-state index in [4.69, 9.17) is 4.74 Å². The van der Waals surface area contributed by atoms with Crippen molar-refractivity contribution in [3.63, 3.8) is 0 Å². The van der Waals surface area contributed by atoms with Crippen molar-refractivity contribution in [3.8, 4) is 11.4 Å². The van der Waals surface area contributed by atoms with Crippen molar-refractivity contribution < 1.29 is 24.0 Å². The molecule has 0 saturated heterocycles. The quantitative estimate of drug-likeness (QED) is 0.454. The van der Waals surface area contributed by atoms with Crippen LogP contribution in [-0.4, -0.2) is 51.1 Å². The van der Waals surface area contributed by atoms with Crippen molar-refractivity contribution in [1.29, 1.82) is 0 Å². The van der Waals surface area contributed by atoms with Gasteiger partial charge in [-0.3, -0.25) is 4.79 Å². The van der Waals surface area contributed by atoms with Crippen molar-refractivity contribution in [2.24, 2.45) is 0 Å². The summed E-state index contributed by atoms with van der Waals surface area (Å²) in [6, 6.07) is 13.5. The highest BCUT2D eigenvalue weighted by Gasteiger charge is 2.26. The van der Waals surface area contributed by atoms with Crippen LogP contribution in [0.15, 0.2) is 54.7 Å². The predicted molar refractivity (Wildman–Crippen MR) is 108 cm³/mol. The first-order chi connectivity index (χ1) is 14.4. The van der Waals surface area contributed by atoms with Gasteiger partial charge < -0.3 is 20.1 Å². The van der Waals surface area contributed by atoms with E-state index in [-0.39, 0.29) is 18.7 Å². The second kappa shape index (κ2) is 9.99. The van der Waals surface area contributed by atoms with Crippen molar-refractivity contribution in [2.75, 3.05) is 7.11 Å². The highest BCUT2D eigenvalue weighted by Crippen LogP contribution is 2.17. The largest absolute Gasteiger partial charge is 0.497 e. The van der Waals surface area contributed by atoms with E-state index in [1.807, 2.05) is 30.3 Å². The number of methoxy groups -OCH3 is 1. The molecule has 2 aromatic carbocycles.